The fourth-order valence-electron chi connectivity index (χ4n) is 3.44. The molecule has 4 aromatic carbocycles. The van der Waals surface area contributed by atoms with Crippen LogP contribution in [0.4, 0.5) is 0 Å². The number of hydrogen-bond acceptors (Lipinski definition) is 6. The van der Waals surface area contributed by atoms with Gasteiger partial charge in [0.2, 0.25) is 0 Å². The molecule has 1 heterocycles. The maximum Gasteiger partial charge on any atom is 0.358 e. The third-order valence-electron chi connectivity index (χ3n) is 5.08. The van der Waals surface area contributed by atoms with Crippen molar-refractivity contribution in [2.24, 2.45) is 5.16 Å². The van der Waals surface area contributed by atoms with Crippen LogP contribution in [0.5, 0.6) is 0 Å². The average molecular weight is 459 g/mol. The van der Waals surface area contributed by atoms with Gasteiger partial charge in [-0.15, -0.1) is 11.3 Å². The topological polar surface area (TPSA) is 68.6 Å². The Kier molecular flexibility index (Phi) is 5.20. The Morgan fingerprint density at radius 1 is 0.875 bits per heavy atom. The van der Waals surface area contributed by atoms with Crippen LogP contribution >= 0.6 is 11.3 Å². The molecule has 5 rings (SSSR count). The van der Waals surface area contributed by atoms with Gasteiger partial charge in [-0.3, -0.25) is 4.28 Å². The number of thiazole rings is 1. The van der Waals surface area contributed by atoms with E-state index in [9.17, 15) is 8.42 Å². The first kappa shape index (κ1) is 20.4. The van der Waals surface area contributed by atoms with Crippen LogP contribution in [0.1, 0.15) is 16.1 Å². The summed E-state index contributed by atoms with van der Waals surface area (Å²) in [6.07, 6.45) is 0. The molecule has 0 aliphatic rings. The SMILES string of the molecule is Cc1ccc(S(=O)(=O)ON=C(c2nc3ccccc3s2)c2cccc3ccccc23)cc1. The lowest BCUT2D eigenvalue weighted by Gasteiger charge is -2.08. The predicted octanol–water partition coefficient (Wildman–Crippen LogP) is 5.92. The molecule has 0 radical (unpaired) electrons. The van der Waals surface area contributed by atoms with Crippen LogP contribution in [0.3, 0.4) is 0 Å². The van der Waals surface area contributed by atoms with E-state index in [2.05, 4.69) is 5.16 Å². The molecule has 7 heteroatoms. The molecule has 0 unspecified atom stereocenters. The van der Waals surface area contributed by atoms with Crippen molar-refractivity contribution in [3.63, 3.8) is 0 Å². The first-order valence-electron chi connectivity index (χ1n) is 9.94. The number of aromatic nitrogens is 1. The molecule has 1 aromatic heterocycles. The van der Waals surface area contributed by atoms with Gasteiger partial charge in [0, 0.05) is 5.56 Å². The smallest absolute Gasteiger partial charge is 0.264 e. The number of aryl methyl sites for hydroxylation is 1. The van der Waals surface area contributed by atoms with Crippen molar-refractivity contribution >= 4 is 48.2 Å². The van der Waals surface area contributed by atoms with Crippen molar-refractivity contribution in [2.75, 3.05) is 0 Å². The van der Waals surface area contributed by atoms with Gasteiger partial charge in [0.05, 0.1) is 10.2 Å². The van der Waals surface area contributed by atoms with E-state index >= 15 is 0 Å². The number of benzene rings is 4. The summed E-state index contributed by atoms with van der Waals surface area (Å²) >= 11 is 1.44. The normalized spacial score (nSPS) is 12.3. The summed E-state index contributed by atoms with van der Waals surface area (Å²) in [6, 6.07) is 27.9. The zero-order chi connectivity index (χ0) is 22.1. The van der Waals surface area contributed by atoms with E-state index < -0.39 is 10.1 Å². The van der Waals surface area contributed by atoms with E-state index in [1.54, 1.807) is 12.1 Å². The maximum atomic E-state index is 12.8. The first-order chi connectivity index (χ1) is 15.5. The van der Waals surface area contributed by atoms with Gasteiger partial charge in [0.1, 0.15) is 15.6 Å². The largest absolute Gasteiger partial charge is 0.358 e. The standard InChI is InChI=1S/C25H18N2O3S2/c1-17-13-15-19(16-14-17)32(28,29)30-27-24(25-26-22-11-4-5-12-23(22)31-25)21-10-6-8-18-7-2-3-9-20(18)21/h2-16H,1H3. The minimum absolute atomic E-state index is 0.0495. The Bertz CT molecular complexity index is 1530. The highest BCUT2D eigenvalue weighted by Gasteiger charge is 2.20. The lowest BCUT2D eigenvalue weighted by atomic mass is 10.0. The summed E-state index contributed by atoms with van der Waals surface area (Å²) in [5.74, 6) is 0. The van der Waals surface area contributed by atoms with Crippen molar-refractivity contribution in [1.82, 2.24) is 4.98 Å². The van der Waals surface area contributed by atoms with Gasteiger partial charge >= 0.3 is 10.1 Å². The van der Waals surface area contributed by atoms with Crippen molar-refractivity contribution < 1.29 is 12.7 Å². The Balaban J connectivity index is 1.66. The molecule has 0 atom stereocenters. The Morgan fingerprint density at radius 2 is 1.59 bits per heavy atom. The third kappa shape index (κ3) is 3.88. The van der Waals surface area contributed by atoms with Crippen LogP contribution in [-0.4, -0.2) is 19.1 Å². The fourth-order valence-corrected chi connectivity index (χ4v) is 5.13. The second-order valence-electron chi connectivity index (χ2n) is 7.30. The van der Waals surface area contributed by atoms with Gasteiger partial charge in [-0.25, -0.2) is 4.98 Å². The summed E-state index contributed by atoms with van der Waals surface area (Å²) in [5.41, 5.74) is 2.90. The summed E-state index contributed by atoms with van der Waals surface area (Å²) in [5, 5.41) is 6.69. The van der Waals surface area contributed by atoms with Gasteiger partial charge < -0.3 is 0 Å². The molecule has 5 aromatic rings. The van der Waals surface area contributed by atoms with Crippen molar-refractivity contribution in [2.45, 2.75) is 11.8 Å². The van der Waals surface area contributed by atoms with Crippen molar-refractivity contribution in [3.05, 3.63) is 107 Å². The van der Waals surface area contributed by atoms with Crippen molar-refractivity contribution in [3.8, 4) is 0 Å². The van der Waals surface area contributed by atoms with Gasteiger partial charge in [-0.05, 0) is 42.0 Å². The number of fused-ring (bicyclic) bond motifs is 2. The molecule has 0 bridgehead atoms. The van der Waals surface area contributed by atoms with Crippen LogP contribution < -0.4 is 0 Å². The van der Waals surface area contributed by atoms with Crippen molar-refractivity contribution in [1.29, 1.82) is 0 Å². The number of rotatable bonds is 5. The number of para-hydroxylation sites is 1. The van der Waals surface area contributed by atoms with Crippen LogP contribution in [0.15, 0.2) is 101 Å². The highest BCUT2D eigenvalue weighted by Crippen LogP contribution is 2.28. The molecule has 0 saturated carbocycles. The zero-order valence-electron chi connectivity index (χ0n) is 17.1. The van der Waals surface area contributed by atoms with Crippen LogP contribution in [0.2, 0.25) is 0 Å². The van der Waals surface area contributed by atoms with Gasteiger partial charge in [0.15, 0.2) is 0 Å². The molecule has 0 amide bonds. The lowest BCUT2D eigenvalue weighted by molar-refractivity contribution is 0.339. The molecule has 0 fully saturated rings. The molecule has 5 nitrogen and oxygen atoms in total. The second kappa shape index (κ2) is 8.18. The number of hydrogen-bond donors (Lipinski definition) is 0. The molecule has 32 heavy (non-hydrogen) atoms. The fraction of sp³-hybridized carbons (Fsp3) is 0.0400. The van der Waals surface area contributed by atoms with Crippen LogP contribution in [-0.2, 0) is 14.4 Å². The molecule has 0 aliphatic carbocycles. The molecule has 158 valence electrons. The Labute approximate surface area is 189 Å². The Hall–Kier alpha value is -3.55. The highest BCUT2D eigenvalue weighted by molar-refractivity contribution is 7.86. The quantitative estimate of drug-likeness (QED) is 0.242. The lowest BCUT2D eigenvalue weighted by Crippen LogP contribution is -2.09. The minimum atomic E-state index is -4.08. The predicted molar refractivity (Wildman–Crippen MR) is 129 cm³/mol. The second-order valence-corrected chi connectivity index (χ2v) is 9.85. The summed E-state index contributed by atoms with van der Waals surface area (Å²) in [7, 11) is -4.08. The average Bonchev–Trinajstić information content (AvgIpc) is 3.23. The molecule has 0 spiro atoms. The van der Waals surface area contributed by atoms with E-state index in [4.69, 9.17) is 9.27 Å². The molecule has 0 aliphatic heterocycles. The molecular weight excluding hydrogens is 440 g/mol. The first-order valence-corrected chi connectivity index (χ1v) is 12.2. The van der Waals surface area contributed by atoms with Gasteiger partial charge in [-0.1, -0.05) is 77.4 Å². The Morgan fingerprint density at radius 3 is 2.41 bits per heavy atom. The van der Waals surface area contributed by atoms with Gasteiger partial charge in [0.25, 0.3) is 0 Å². The zero-order valence-corrected chi connectivity index (χ0v) is 18.7. The maximum absolute atomic E-state index is 12.8. The van der Waals surface area contributed by atoms with E-state index in [0.29, 0.717) is 10.7 Å². The van der Waals surface area contributed by atoms with E-state index in [0.717, 1.165) is 32.1 Å². The monoisotopic (exact) mass is 458 g/mol. The van der Waals surface area contributed by atoms with E-state index in [-0.39, 0.29) is 4.90 Å². The summed E-state index contributed by atoms with van der Waals surface area (Å²) < 4.78 is 31.8. The number of nitrogens with zero attached hydrogens (tertiary/aromatic N) is 2. The molecule has 0 saturated heterocycles. The van der Waals surface area contributed by atoms with Crippen LogP contribution in [0.25, 0.3) is 21.0 Å². The summed E-state index contributed by atoms with van der Waals surface area (Å²) in [6.45, 7) is 1.89. The number of oxime groups is 1. The van der Waals surface area contributed by atoms with Gasteiger partial charge in [-0.2, -0.15) is 8.42 Å². The van der Waals surface area contributed by atoms with E-state index in [1.165, 1.54) is 23.5 Å². The summed E-state index contributed by atoms with van der Waals surface area (Å²) in [4.78, 5) is 4.74. The van der Waals surface area contributed by atoms with E-state index in [1.807, 2.05) is 73.7 Å². The molecule has 0 N–H and O–H groups in total. The van der Waals surface area contributed by atoms with Crippen LogP contribution in [0, 0.1) is 6.92 Å². The minimum Gasteiger partial charge on any atom is -0.264 e. The highest BCUT2D eigenvalue weighted by atomic mass is 32.2. The third-order valence-corrected chi connectivity index (χ3v) is 7.24. The molecular formula is C25H18N2O3S2.